The van der Waals surface area contributed by atoms with E-state index in [0.717, 1.165) is 25.7 Å². The Labute approximate surface area is 145 Å². The zero-order chi connectivity index (χ0) is 17.8. The van der Waals surface area contributed by atoms with Gasteiger partial charge in [0, 0.05) is 11.8 Å². The average Bonchev–Trinajstić information content (AvgIpc) is 2.65. The van der Waals surface area contributed by atoms with Crippen molar-refractivity contribution in [1.82, 2.24) is 0 Å². The monoisotopic (exact) mass is 356 g/mol. The molecule has 0 N–H and O–H groups in total. The lowest BCUT2D eigenvalue weighted by Crippen LogP contribution is -2.37. The number of hydrogen-bond acceptors (Lipinski definition) is 3. The Hall–Kier alpha value is -1.53. The molecule has 2 aliphatic rings. The largest absolute Gasteiger partial charge is 0.457 e. The number of ether oxygens (including phenoxy) is 3. The van der Waals surface area contributed by atoms with Crippen molar-refractivity contribution >= 4 is 0 Å². The lowest BCUT2D eigenvalue weighted by Gasteiger charge is -2.37. The molecule has 1 saturated heterocycles. The van der Waals surface area contributed by atoms with E-state index in [0.29, 0.717) is 24.7 Å². The molecular formula is C19H23F3O3. The zero-order valence-corrected chi connectivity index (χ0v) is 14.1. The van der Waals surface area contributed by atoms with Gasteiger partial charge in [0.2, 0.25) is 6.86 Å². The predicted molar refractivity (Wildman–Crippen MR) is 87.0 cm³/mol. The number of halogens is 3. The third kappa shape index (κ3) is 4.18. The van der Waals surface area contributed by atoms with Gasteiger partial charge in [0.05, 0.1) is 13.2 Å². The van der Waals surface area contributed by atoms with E-state index in [1.165, 1.54) is 12.1 Å². The maximum Gasteiger partial charge on any atom is 0.228 e. The molecule has 2 fully saturated rings. The average molecular weight is 356 g/mol. The highest BCUT2D eigenvalue weighted by Gasteiger charge is 2.32. The van der Waals surface area contributed by atoms with E-state index in [4.69, 9.17) is 9.47 Å². The Kier molecular flexibility index (Phi) is 6.02. The first-order chi connectivity index (χ1) is 12.1. The van der Waals surface area contributed by atoms with Crippen molar-refractivity contribution in [3.05, 3.63) is 42.0 Å². The highest BCUT2D eigenvalue weighted by Crippen LogP contribution is 2.40. The van der Waals surface area contributed by atoms with Crippen molar-refractivity contribution in [1.29, 1.82) is 0 Å². The first-order valence-electron chi connectivity index (χ1n) is 8.65. The quantitative estimate of drug-likeness (QED) is 0.715. The summed E-state index contributed by atoms with van der Waals surface area (Å²) in [5, 5.41) is 0. The highest BCUT2D eigenvalue weighted by atomic mass is 19.1. The van der Waals surface area contributed by atoms with Gasteiger partial charge in [-0.1, -0.05) is 6.08 Å². The molecule has 3 nitrogen and oxygen atoms in total. The second-order valence-electron chi connectivity index (χ2n) is 6.71. The van der Waals surface area contributed by atoms with Crippen LogP contribution in [0.1, 0.15) is 37.2 Å². The first-order valence-corrected chi connectivity index (χ1v) is 8.65. The predicted octanol–water partition coefficient (Wildman–Crippen LogP) is 4.72. The number of rotatable bonds is 5. The minimum Gasteiger partial charge on any atom is -0.457 e. The normalized spacial score (nSPS) is 30.0. The van der Waals surface area contributed by atoms with Crippen LogP contribution in [0.15, 0.2) is 24.8 Å². The third-order valence-corrected chi connectivity index (χ3v) is 5.13. The van der Waals surface area contributed by atoms with Crippen LogP contribution in [0.5, 0.6) is 5.75 Å². The molecule has 0 atom stereocenters. The van der Waals surface area contributed by atoms with E-state index in [9.17, 15) is 13.2 Å². The summed E-state index contributed by atoms with van der Waals surface area (Å²) in [6.45, 7) is 3.74. The summed E-state index contributed by atoms with van der Waals surface area (Å²) in [5.41, 5.74) is 0.594. The van der Waals surface area contributed by atoms with E-state index >= 15 is 0 Å². The van der Waals surface area contributed by atoms with Gasteiger partial charge < -0.3 is 14.2 Å². The van der Waals surface area contributed by atoms with Gasteiger partial charge in [-0.3, -0.25) is 0 Å². The molecule has 1 aliphatic heterocycles. The maximum absolute atomic E-state index is 13.9. The van der Waals surface area contributed by atoms with E-state index in [-0.39, 0.29) is 18.1 Å². The van der Waals surface area contributed by atoms with Crippen LogP contribution in [0.3, 0.4) is 0 Å². The van der Waals surface area contributed by atoms with Crippen LogP contribution < -0.4 is 4.74 Å². The molecule has 1 saturated carbocycles. The molecule has 0 aromatic heterocycles. The van der Waals surface area contributed by atoms with Crippen molar-refractivity contribution in [2.45, 2.75) is 37.9 Å². The molecule has 0 radical (unpaired) electrons. The highest BCUT2D eigenvalue weighted by molar-refractivity contribution is 5.33. The lowest BCUT2D eigenvalue weighted by atomic mass is 9.78. The Balaban J connectivity index is 1.58. The Morgan fingerprint density at radius 1 is 1.08 bits per heavy atom. The summed E-state index contributed by atoms with van der Waals surface area (Å²) in [7, 11) is 0. The van der Waals surface area contributed by atoms with Gasteiger partial charge in [0.15, 0.2) is 23.7 Å². The minimum atomic E-state index is -1.26. The van der Waals surface area contributed by atoms with Crippen molar-refractivity contribution in [2.75, 3.05) is 20.1 Å². The Morgan fingerprint density at radius 3 is 2.20 bits per heavy atom. The minimum absolute atomic E-state index is 0.0733. The topological polar surface area (TPSA) is 27.7 Å². The summed E-state index contributed by atoms with van der Waals surface area (Å²) < 4.78 is 55.9. The van der Waals surface area contributed by atoms with Gasteiger partial charge in [-0.05, 0) is 49.3 Å². The van der Waals surface area contributed by atoms with E-state index < -0.39 is 24.2 Å². The van der Waals surface area contributed by atoms with Crippen LogP contribution in [0.25, 0.3) is 0 Å². The van der Waals surface area contributed by atoms with Gasteiger partial charge in [-0.15, -0.1) is 6.58 Å². The Bertz CT molecular complexity index is 569. The third-order valence-electron chi connectivity index (χ3n) is 5.13. The van der Waals surface area contributed by atoms with E-state index in [2.05, 4.69) is 11.3 Å². The molecule has 6 heteroatoms. The van der Waals surface area contributed by atoms with E-state index in [1.807, 2.05) is 6.08 Å². The van der Waals surface area contributed by atoms with Crippen molar-refractivity contribution in [3.63, 3.8) is 0 Å². The molecule has 25 heavy (non-hydrogen) atoms. The Morgan fingerprint density at radius 2 is 1.68 bits per heavy atom. The number of hydrogen-bond donors (Lipinski definition) is 0. The van der Waals surface area contributed by atoms with Crippen LogP contribution in [-0.4, -0.2) is 26.4 Å². The van der Waals surface area contributed by atoms with Gasteiger partial charge in [-0.2, -0.15) is 0 Å². The van der Waals surface area contributed by atoms with Crippen molar-refractivity contribution < 1.29 is 27.4 Å². The van der Waals surface area contributed by atoms with Gasteiger partial charge in [0.25, 0.3) is 0 Å². The van der Waals surface area contributed by atoms with Crippen molar-refractivity contribution in [3.8, 4) is 5.75 Å². The van der Waals surface area contributed by atoms with Gasteiger partial charge in [-0.25, -0.2) is 13.2 Å². The molecular weight excluding hydrogens is 333 g/mol. The number of alkyl halides is 1. The van der Waals surface area contributed by atoms with E-state index in [1.54, 1.807) is 0 Å². The second-order valence-corrected chi connectivity index (χ2v) is 6.71. The maximum atomic E-state index is 13.9. The molecule has 1 aliphatic carbocycles. The molecule has 138 valence electrons. The summed E-state index contributed by atoms with van der Waals surface area (Å²) in [6, 6.07) is 2.50. The fourth-order valence-corrected chi connectivity index (χ4v) is 3.67. The molecule has 1 aromatic rings. The van der Waals surface area contributed by atoms with Gasteiger partial charge in [0.1, 0.15) is 0 Å². The van der Waals surface area contributed by atoms with Crippen LogP contribution in [0.4, 0.5) is 13.2 Å². The summed E-state index contributed by atoms with van der Waals surface area (Å²) in [4.78, 5) is 0. The van der Waals surface area contributed by atoms with Crippen molar-refractivity contribution in [2.24, 2.45) is 11.8 Å². The summed E-state index contributed by atoms with van der Waals surface area (Å²) in [5.74, 6) is -1.76. The van der Waals surface area contributed by atoms with Crippen LogP contribution >= 0.6 is 0 Å². The lowest BCUT2D eigenvalue weighted by molar-refractivity contribution is -0.222. The van der Waals surface area contributed by atoms with Crippen LogP contribution in [0.2, 0.25) is 0 Å². The fraction of sp³-hybridized carbons (Fsp3) is 0.579. The molecule has 0 spiro atoms. The molecule has 1 aromatic carbocycles. The molecule has 0 amide bonds. The molecule has 3 rings (SSSR count). The second kappa shape index (κ2) is 8.23. The van der Waals surface area contributed by atoms with Gasteiger partial charge >= 0.3 is 0 Å². The summed E-state index contributed by atoms with van der Waals surface area (Å²) >= 11 is 0. The molecule has 0 unspecified atom stereocenters. The SMILES string of the molecule is C=CC1COC(C2CCC(c3cc(F)c(OCF)c(F)c3)CC2)OC1. The fourth-order valence-electron chi connectivity index (χ4n) is 3.67. The van der Waals surface area contributed by atoms with Crippen LogP contribution in [0, 0.1) is 23.5 Å². The van der Waals surface area contributed by atoms with Crippen LogP contribution in [-0.2, 0) is 9.47 Å². The first kappa shape index (κ1) is 18.3. The standard InChI is InChI=1S/C19H23F3O3/c1-2-12-9-23-19(24-10-12)14-5-3-13(4-6-14)15-7-16(21)18(25-11-20)17(22)8-15/h2,7-8,12-14,19H,1,3-6,9-11H2. The number of benzene rings is 1. The molecule has 1 heterocycles. The zero-order valence-electron chi connectivity index (χ0n) is 14.1. The molecule has 0 bridgehead atoms. The summed E-state index contributed by atoms with van der Waals surface area (Å²) in [6.07, 6.45) is 5.00. The smallest absolute Gasteiger partial charge is 0.228 e.